The van der Waals surface area contributed by atoms with Crippen molar-refractivity contribution in [3.05, 3.63) is 71.9 Å². The number of nitrogens with zero attached hydrogens (tertiary/aromatic N) is 1. The quantitative estimate of drug-likeness (QED) is 0.581. The summed E-state index contributed by atoms with van der Waals surface area (Å²) in [4.78, 5) is 16.6. The summed E-state index contributed by atoms with van der Waals surface area (Å²) in [5, 5.41) is 6.12. The number of aryl methyl sites for hydroxylation is 2. The topological polar surface area (TPSA) is 72.5 Å². The summed E-state index contributed by atoms with van der Waals surface area (Å²) in [5.41, 5.74) is 3.82. The minimum Gasteiger partial charge on any atom is -0.493 e. The van der Waals surface area contributed by atoms with Crippen LogP contribution in [0.25, 0.3) is 0 Å². The van der Waals surface area contributed by atoms with Gasteiger partial charge in [0.25, 0.3) is 0 Å². The Bertz CT molecular complexity index is 971. The molecule has 0 bridgehead atoms. The van der Waals surface area contributed by atoms with E-state index in [1.807, 2.05) is 61.5 Å². The van der Waals surface area contributed by atoms with Gasteiger partial charge in [-0.1, -0.05) is 18.2 Å². The molecule has 0 aliphatic carbocycles. The molecule has 0 unspecified atom stereocenters. The number of rotatable bonds is 8. The second-order valence-electron chi connectivity index (χ2n) is 6.66. The summed E-state index contributed by atoms with van der Waals surface area (Å²) in [7, 11) is 3.19. The Morgan fingerprint density at radius 1 is 0.966 bits per heavy atom. The lowest BCUT2D eigenvalue weighted by atomic mass is 10.1. The minimum absolute atomic E-state index is 0.0685. The van der Waals surface area contributed by atoms with E-state index in [9.17, 15) is 4.79 Å². The predicted octanol–water partition coefficient (Wildman–Crippen LogP) is 4.72. The zero-order valence-corrected chi connectivity index (χ0v) is 16.9. The predicted molar refractivity (Wildman–Crippen MR) is 115 cm³/mol. The number of benzene rings is 2. The van der Waals surface area contributed by atoms with Crippen molar-refractivity contribution < 1.29 is 14.3 Å². The molecule has 1 amide bonds. The molecule has 0 fully saturated rings. The van der Waals surface area contributed by atoms with Crippen LogP contribution < -0.4 is 20.1 Å². The smallest absolute Gasteiger partial charge is 0.224 e. The van der Waals surface area contributed by atoms with Crippen LogP contribution in [0.5, 0.6) is 11.5 Å². The maximum absolute atomic E-state index is 12.3. The largest absolute Gasteiger partial charge is 0.493 e. The van der Waals surface area contributed by atoms with Crippen LogP contribution in [0.4, 0.5) is 17.2 Å². The van der Waals surface area contributed by atoms with E-state index < -0.39 is 0 Å². The van der Waals surface area contributed by atoms with Gasteiger partial charge in [-0.3, -0.25) is 4.79 Å². The third-order valence-corrected chi connectivity index (χ3v) is 4.43. The van der Waals surface area contributed by atoms with Gasteiger partial charge in [-0.2, -0.15) is 0 Å². The van der Waals surface area contributed by atoms with Gasteiger partial charge in [-0.15, -0.1) is 0 Å². The van der Waals surface area contributed by atoms with E-state index in [1.165, 1.54) is 5.56 Å². The minimum atomic E-state index is -0.0685. The molecule has 1 heterocycles. The van der Waals surface area contributed by atoms with Crippen molar-refractivity contribution in [2.24, 2.45) is 0 Å². The fraction of sp³-hybridized carbons (Fsp3) is 0.217. The van der Waals surface area contributed by atoms with Crippen molar-refractivity contribution >= 4 is 23.1 Å². The van der Waals surface area contributed by atoms with Crippen LogP contribution in [0.15, 0.2) is 60.8 Å². The van der Waals surface area contributed by atoms with Crippen molar-refractivity contribution in [1.29, 1.82) is 0 Å². The second-order valence-corrected chi connectivity index (χ2v) is 6.66. The van der Waals surface area contributed by atoms with E-state index in [0.29, 0.717) is 30.0 Å². The Balaban J connectivity index is 1.53. The van der Waals surface area contributed by atoms with Crippen molar-refractivity contribution in [3.8, 4) is 11.5 Å². The van der Waals surface area contributed by atoms with Crippen LogP contribution in [0.3, 0.4) is 0 Å². The van der Waals surface area contributed by atoms with E-state index >= 15 is 0 Å². The second kappa shape index (κ2) is 9.59. The first kappa shape index (κ1) is 20.2. The van der Waals surface area contributed by atoms with Crippen LogP contribution in [-0.2, 0) is 11.2 Å². The van der Waals surface area contributed by atoms with Gasteiger partial charge in [-0.05, 0) is 60.9 Å². The Morgan fingerprint density at radius 3 is 2.48 bits per heavy atom. The van der Waals surface area contributed by atoms with Crippen molar-refractivity contribution in [2.45, 2.75) is 19.8 Å². The highest BCUT2D eigenvalue weighted by Gasteiger charge is 2.08. The van der Waals surface area contributed by atoms with Crippen LogP contribution in [0.2, 0.25) is 0 Å². The summed E-state index contributed by atoms with van der Waals surface area (Å²) in [6.07, 6.45) is 2.61. The Morgan fingerprint density at radius 2 is 1.79 bits per heavy atom. The number of nitrogens with one attached hydrogen (secondary N) is 2. The summed E-state index contributed by atoms with van der Waals surface area (Å²) >= 11 is 0. The number of hydrogen-bond acceptors (Lipinski definition) is 5. The van der Waals surface area contributed by atoms with E-state index in [4.69, 9.17) is 9.47 Å². The molecule has 2 aromatic carbocycles. The summed E-state index contributed by atoms with van der Waals surface area (Å²) in [5.74, 6) is 1.98. The Labute approximate surface area is 170 Å². The molecule has 29 heavy (non-hydrogen) atoms. The molecule has 0 aliphatic heterocycles. The van der Waals surface area contributed by atoms with E-state index in [2.05, 4.69) is 15.6 Å². The molecule has 0 saturated heterocycles. The molecule has 3 aromatic rings. The summed E-state index contributed by atoms with van der Waals surface area (Å²) in [6.45, 7) is 2.04. The zero-order chi connectivity index (χ0) is 20.6. The molecule has 0 spiro atoms. The maximum atomic E-state index is 12.3. The van der Waals surface area contributed by atoms with Gasteiger partial charge in [-0.25, -0.2) is 4.98 Å². The number of aromatic nitrogens is 1. The summed E-state index contributed by atoms with van der Waals surface area (Å²) < 4.78 is 10.5. The molecule has 6 nitrogen and oxygen atoms in total. The molecule has 150 valence electrons. The molecule has 0 saturated carbocycles. The molecule has 0 radical (unpaired) electrons. The number of anilines is 3. The lowest BCUT2D eigenvalue weighted by Gasteiger charge is -2.10. The molecule has 3 rings (SSSR count). The fourth-order valence-electron chi connectivity index (χ4n) is 2.93. The molecule has 0 aliphatic rings. The third-order valence-electron chi connectivity index (χ3n) is 4.43. The van der Waals surface area contributed by atoms with E-state index in [1.54, 1.807) is 20.4 Å². The number of hydrogen-bond donors (Lipinski definition) is 2. The fourth-order valence-corrected chi connectivity index (χ4v) is 2.93. The third kappa shape index (κ3) is 5.72. The van der Waals surface area contributed by atoms with Crippen molar-refractivity contribution in [1.82, 2.24) is 4.98 Å². The zero-order valence-electron chi connectivity index (χ0n) is 16.9. The van der Waals surface area contributed by atoms with E-state index in [0.717, 1.165) is 17.1 Å². The van der Waals surface area contributed by atoms with Gasteiger partial charge < -0.3 is 20.1 Å². The monoisotopic (exact) mass is 391 g/mol. The van der Waals surface area contributed by atoms with Crippen LogP contribution in [0.1, 0.15) is 17.5 Å². The first-order chi connectivity index (χ1) is 14.1. The molecular weight excluding hydrogens is 366 g/mol. The maximum Gasteiger partial charge on any atom is 0.224 e. The number of carbonyl (C=O) groups excluding carboxylic acids is 1. The van der Waals surface area contributed by atoms with Gasteiger partial charge >= 0.3 is 0 Å². The standard InChI is InChI=1S/C23H25N3O3/c1-16-5-4-6-18(13-16)25-22-11-9-19(15-24-22)26-23(27)12-8-17-7-10-20(28-2)21(14-17)29-3/h4-7,9-11,13-15H,8,12H2,1-3H3,(H,24,25)(H,26,27). The highest BCUT2D eigenvalue weighted by atomic mass is 16.5. The Kier molecular flexibility index (Phi) is 6.68. The number of amides is 1. The molecule has 1 aromatic heterocycles. The number of carbonyl (C=O) groups is 1. The van der Waals surface area contributed by atoms with Crippen LogP contribution in [0, 0.1) is 6.92 Å². The van der Waals surface area contributed by atoms with Gasteiger partial charge in [0.1, 0.15) is 5.82 Å². The SMILES string of the molecule is COc1ccc(CCC(=O)Nc2ccc(Nc3cccc(C)c3)nc2)cc1OC. The van der Waals surface area contributed by atoms with Gasteiger partial charge in [0, 0.05) is 12.1 Å². The number of ether oxygens (including phenoxy) is 2. The first-order valence-electron chi connectivity index (χ1n) is 9.38. The molecule has 2 N–H and O–H groups in total. The van der Waals surface area contributed by atoms with E-state index in [-0.39, 0.29) is 5.91 Å². The van der Waals surface area contributed by atoms with Crippen LogP contribution >= 0.6 is 0 Å². The molecule has 6 heteroatoms. The lowest BCUT2D eigenvalue weighted by molar-refractivity contribution is -0.116. The normalized spacial score (nSPS) is 10.3. The van der Waals surface area contributed by atoms with Gasteiger partial charge in [0.2, 0.25) is 5.91 Å². The molecular formula is C23H25N3O3. The van der Waals surface area contributed by atoms with Gasteiger partial charge in [0.05, 0.1) is 26.1 Å². The van der Waals surface area contributed by atoms with Crippen LogP contribution in [-0.4, -0.2) is 25.1 Å². The first-order valence-corrected chi connectivity index (χ1v) is 9.38. The average molecular weight is 391 g/mol. The highest BCUT2D eigenvalue weighted by molar-refractivity contribution is 5.90. The molecule has 0 atom stereocenters. The van der Waals surface area contributed by atoms with Gasteiger partial charge in [0.15, 0.2) is 11.5 Å². The highest BCUT2D eigenvalue weighted by Crippen LogP contribution is 2.28. The average Bonchev–Trinajstić information content (AvgIpc) is 2.73. The Hall–Kier alpha value is -3.54. The van der Waals surface area contributed by atoms with Crippen molar-refractivity contribution in [2.75, 3.05) is 24.9 Å². The number of methoxy groups -OCH3 is 2. The number of pyridine rings is 1. The van der Waals surface area contributed by atoms with Crippen molar-refractivity contribution in [3.63, 3.8) is 0 Å². The lowest BCUT2D eigenvalue weighted by Crippen LogP contribution is -2.12. The summed E-state index contributed by atoms with van der Waals surface area (Å²) in [6, 6.07) is 17.4.